The Hall–Kier alpha value is -2.39. The molecule has 0 atom stereocenters. The number of rotatable bonds is 6. The van der Waals surface area contributed by atoms with E-state index in [0.29, 0.717) is 5.16 Å². The molecule has 0 unspecified atom stereocenters. The Morgan fingerprint density at radius 2 is 1.71 bits per heavy atom. The Balaban J connectivity index is 1.34. The van der Waals surface area contributed by atoms with E-state index in [1.54, 1.807) is 4.68 Å². The van der Waals surface area contributed by atoms with Crippen LogP contribution in [0.15, 0.2) is 58.2 Å². The minimum absolute atomic E-state index is 0.0933. The first-order valence-electron chi connectivity index (χ1n) is 9.01. The number of carbonyl (C=O) groups excluding carboxylic acids is 1. The van der Waals surface area contributed by atoms with Gasteiger partial charge in [0.05, 0.1) is 11.4 Å². The van der Waals surface area contributed by atoms with E-state index in [1.807, 2.05) is 36.4 Å². The number of benzene rings is 2. The van der Waals surface area contributed by atoms with Crippen LogP contribution in [-0.2, 0) is 4.79 Å². The number of nitrogens with one attached hydrogen (secondary N) is 1. The molecule has 1 saturated heterocycles. The van der Waals surface area contributed by atoms with Crippen LogP contribution in [0.5, 0.6) is 0 Å². The summed E-state index contributed by atoms with van der Waals surface area (Å²) in [6, 6.07) is 15.7. The second kappa shape index (κ2) is 8.74. The Kier molecular flexibility index (Phi) is 5.92. The van der Waals surface area contributed by atoms with Crippen molar-refractivity contribution in [3.05, 3.63) is 53.0 Å². The molecule has 4 rings (SSSR count). The molecule has 7 nitrogen and oxygen atoms in total. The Morgan fingerprint density at radius 1 is 1.04 bits per heavy atom. The Bertz CT molecular complexity index is 938. The molecule has 3 aromatic rings. The fourth-order valence-electron chi connectivity index (χ4n) is 3.07. The van der Waals surface area contributed by atoms with Gasteiger partial charge in [-0.1, -0.05) is 27.7 Å². The summed E-state index contributed by atoms with van der Waals surface area (Å²) in [6.45, 7) is 2.21. The van der Waals surface area contributed by atoms with Crippen LogP contribution in [0.1, 0.15) is 12.8 Å². The molecule has 0 radical (unpaired) electrons. The maximum absolute atomic E-state index is 12.3. The third kappa shape index (κ3) is 4.53. The number of anilines is 2. The van der Waals surface area contributed by atoms with Gasteiger partial charge < -0.3 is 10.2 Å². The first-order valence-corrected chi connectivity index (χ1v) is 10.8. The van der Waals surface area contributed by atoms with E-state index >= 15 is 0 Å². The van der Waals surface area contributed by atoms with Gasteiger partial charge in [-0.2, -0.15) is 4.68 Å². The third-order valence-electron chi connectivity index (χ3n) is 4.47. The second-order valence-corrected chi connectivity index (χ2v) is 8.29. The number of tetrazole rings is 1. The van der Waals surface area contributed by atoms with Gasteiger partial charge in [0.1, 0.15) is 0 Å². The molecule has 144 valence electrons. The summed E-state index contributed by atoms with van der Waals surface area (Å²) in [5, 5.41) is 15.2. The largest absolute Gasteiger partial charge is 0.372 e. The highest BCUT2D eigenvalue weighted by atomic mass is 79.9. The predicted octanol–water partition coefficient (Wildman–Crippen LogP) is 3.76. The SMILES string of the molecule is O=C(CSc1nnnn1-c1ccc(Br)cc1)Nc1ccc(N2CCCC2)cc1. The number of amides is 1. The molecule has 1 aliphatic rings. The highest BCUT2D eigenvalue weighted by Crippen LogP contribution is 2.23. The summed E-state index contributed by atoms with van der Waals surface area (Å²) < 4.78 is 2.60. The highest BCUT2D eigenvalue weighted by Gasteiger charge is 2.13. The number of thioether (sulfide) groups is 1. The standard InChI is InChI=1S/C19H19BrN6OS/c20-14-3-7-17(8-4-14)26-19(22-23-24-26)28-13-18(27)21-15-5-9-16(10-6-15)25-11-1-2-12-25/h3-10H,1-2,11-13H2,(H,21,27). The van der Waals surface area contributed by atoms with Crippen LogP contribution in [0.2, 0.25) is 0 Å². The molecule has 1 amide bonds. The molecule has 28 heavy (non-hydrogen) atoms. The van der Waals surface area contributed by atoms with Gasteiger partial charge in [0.25, 0.3) is 0 Å². The zero-order valence-electron chi connectivity index (χ0n) is 15.1. The molecule has 1 N–H and O–H groups in total. The molecule has 1 aromatic heterocycles. The van der Waals surface area contributed by atoms with E-state index in [4.69, 9.17) is 0 Å². The molecule has 9 heteroatoms. The fraction of sp³-hybridized carbons (Fsp3) is 0.263. The molecular weight excluding hydrogens is 440 g/mol. The first kappa shape index (κ1) is 18.9. The van der Waals surface area contributed by atoms with E-state index in [0.717, 1.165) is 28.9 Å². The van der Waals surface area contributed by atoms with Gasteiger partial charge >= 0.3 is 0 Å². The smallest absolute Gasteiger partial charge is 0.234 e. The first-order chi connectivity index (χ1) is 13.7. The van der Waals surface area contributed by atoms with Gasteiger partial charge in [-0.3, -0.25) is 4.79 Å². The summed E-state index contributed by atoms with van der Waals surface area (Å²) >= 11 is 4.71. The molecule has 1 fully saturated rings. The van der Waals surface area contributed by atoms with Crippen molar-refractivity contribution in [1.82, 2.24) is 20.2 Å². The minimum Gasteiger partial charge on any atom is -0.372 e. The van der Waals surface area contributed by atoms with Crippen LogP contribution >= 0.6 is 27.7 Å². The number of halogens is 1. The average molecular weight is 459 g/mol. The van der Waals surface area contributed by atoms with Crippen molar-refractivity contribution in [3.8, 4) is 5.69 Å². The number of aromatic nitrogens is 4. The summed E-state index contributed by atoms with van der Waals surface area (Å²) in [6.07, 6.45) is 2.49. The van der Waals surface area contributed by atoms with Crippen molar-refractivity contribution in [2.45, 2.75) is 18.0 Å². The van der Waals surface area contributed by atoms with E-state index in [2.05, 4.69) is 53.8 Å². The van der Waals surface area contributed by atoms with Crippen LogP contribution in [0, 0.1) is 0 Å². The van der Waals surface area contributed by atoms with Gasteiger partial charge in [-0.15, -0.1) is 5.10 Å². The minimum atomic E-state index is -0.0933. The summed E-state index contributed by atoms with van der Waals surface area (Å²) in [5.74, 6) is 0.134. The lowest BCUT2D eigenvalue weighted by atomic mass is 10.2. The maximum atomic E-state index is 12.3. The van der Waals surface area contributed by atoms with Crippen molar-refractivity contribution in [3.63, 3.8) is 0 Å². The van der Waals surface area contributed by atoms with Crippen molar-refractivity contribution in [2.24, 2.45) is 0 Å². The van der Waals surface area contributed by atoms with E-state index < -0.39 is 0 Å². The van der Waals surface area contributed by atoms with Gasteiger partial charge in [0, 0.05) is 28.9 Å². The third-order valence-corrected chi connectivity index (χ3v) is 5.91. The quantitative estimate of drug-likeness (QED) is 0.566. The molecular formula is C19H19BrN6OS. The number of hydrogen-bond acceptors (Lipinski definition) is 6. The molecule has 0 bridgehead atoms. The van der Waals surface area contributed by atoms with E-state index in [1.165, 1.54) is 30.3 Å². The van der Waals surface area contributed by atoms with Crippen LogP contribution in [0.4, 0.5) is 11.4 Å². The maximum Gasteiger partial charge on any atom is 0.234 e. The molecule has 2 aromatic carbocycles. The Morgan fingerprint density at radius 3 is 2.43 bits per heavy atom. The Labute approximate surface area is 175 Å². The molecule has 2 heterocycles. The van der Waals surface area contributed by atoms with Crippen molar-refractivity contribution in [1.29, 1.82) is 0 Å². The molecule has 0 spiro atoms. The van der Waals surface area contributed by atoms with Crippen LogP contribution in [0.25, 0.3) is 5.69 Å². The zero-order valence-corrected chi connectivity index (χ0v) is 17.5. The van der Waals surface area contributed by atoms with Crippen molar-refractivity contribution < 1.29 is 4.79 Å². The second-order valence-electron chi connectivity index (χ2n) is 6.43. The van der Waals surface area contributed by atoms with Crippen molar-refractivity contribution >= 4 is 45.0 Å². The van der Waals surface area contributed by atoms with E-state index in [-0.39, 0.29) is 11.7 Å². The van der Waals surface area contributed by atoms with E-state index in [9.17, 15) is 4.79 Å². The van der Waals surface area contributed by atoms with Crippen LogP contribution in [0.3, 0.4) is 0 Å². The highest BCUT2D eigenvalue weighted by molar-refractivity contribution is 9.10. The normalized spacial score (nSPS) is 13.7. The number of nitrogens with zero attached hydrogens (tertiary/aromatic N) is 5. The zero-order chi connectivity index (χ0) is 19.3. The lowest BCUT2D eigenvalue weighted by Gasteiger charge is -2.17. The lowest BCUT2D eigenvalue weighted by molar-refractivity contribution is -0.113. The van der Waals surface area contributed by atoms with Gasteiger partial charge in [0.15, 0.2) is 0 Å². The fourth-order valence-corrected chi connectivity index (χ4v) is 4.03. The van der Waals surface area contributed by atoms with Gasteiger partial charge in [-0.05, 0) is 71.8 Å². The van der Waals surface area contributed by atoms with Crippen LogP contribution in [-0.4, -0.2) is 45.0 Å². The molecule has 0 saturated carbocycles. The van der Waals surface area contributed by atoms with Gasteiger partial charge in [0.2, 0.25) is 11.1 Å². The monoisotopic (exact) mass is 458 g/mol. The summed E-state index contributed by atoms with van der Waals surface area (Å²) in [4.78, 5) is 14.7. The average Bonchev–Trinajstić information content (AvgIpc) is 3.40. The summed E-state index contributed by atoms with van der Waals surface area (Å²) in [5.41, 5.74) is 2.84. The molecule has 1 aliphatic heterocycles. The molecule has 0 aliphatic carbocycles. The topological polar surface area (TPSA) is 75.9 Å². The van der Waals surface area contributed by atoms with Crippen molar-refractivity contribution in [2.75, 3.05) is 29.1 Å². The summed E-state index contributed by atoms with van der Waals surface area (Å²) in [7, 11) is 0. The number of carbonyl (C=O) groups is 1. The van der Waals surface area contributed by atoms with Gasteiger partial charge in [-0.25, -0.2) is 0 Å². The lowest BCUT2D eigenvalue weighted by Crippen LogP contribution is -2.18. The van der Waals surface area contributed by atoms with Crippen LogP contribution < -0.4 is 10.2 Å². The predicted molar refractivity (Wildman–Crippen MR) is 114 cm³/mol. The number of hydrogen-bond donors (Lipinski definition) is 1.